The highest BCUT2D eigenvalue weighted by Gasteiger charge is 2.13. The first-order valence-electron chi connectivity index (χ1n) is 9.84. The summed E-state index contributed by atoms with van der Waals surface area (Å²) in [5.74, 6) is 1.32. The summed E-state index contributed by atoms with van der Waals surface area (Å²) in [6, 6.07) is 22.7. The predicted molar refractivity (Wildman–Crippen MR) is 130 cm³/mol. The second-order valence-electron chi connectivity index (χ2n) is 7.06. The van der Waals surface area contributed by atoms with Crippen LogP contribution in [0.3, 0.4) is 0 Å². The van der Waals surface area contributed by atoms with Crippen LogP contribution in [0.2, 0.25) is 5.02 Å². The molecule has 0 atom stereocenters. The van der Waals surface area contributed by atoms with Gasteiger partial charge in [0, 0.05) is 16.5 Å². The number of rotatable bonds is 7. The Balaban J connectivity index is 1.69. The molecule has 3 aromatic carbocycles. The second kappa shape index (κ2) is 9.91. The van der Waals surface area contributed by atoms with Crippen molar-refractivity contribution in [3.05, 3.63) is 88.9 Å². The summed E-state index contributed by atoms with van der Waals surface area (Å²) in [6.45, 7) is 3.97. The van der Waals surface area contributed by atoms with Crippen LogP contribution in [0.15, 0.2) is 77.7 Å². The van der Waals surface area contributed by atoms with E-state index in [0.717, 1.165) is 27.3 Å². The van der Waals surface area contributed by atoms with Gasteiger partial charge in [0.1, 0.15) is 0 Å². The van der Waals surface area contributed by atoms with Crippen molar-refractivity contribution < 1.29 is 9.94 Å². The van der Waals surface area contributed by atoms with E-state index < -0.39 is 0 Å². The Morgan fingerprint density at radius 1 is 0.906 bits per heavy atom. The van der Waals surface area contributed by atoms with Gasteiger partial charge in [-0.05, 0) is 61.2 Å². The SMILES string of the molecule is Cc1ccccc1-c1cc(Oc2c(C)cccc2Cl)nc(NSc2cccc(NO)c2)n1. The molecule has 0 saturated carbocycles. The highest BCUT2D eigenvalue weighted by molar-refractivity contribution is 8.00. The summed E-state index contributed by atoms with van der Waals surface area (Å²) in [5.41, 5.74) is 6.44. The summed E-state index contributed by atoms with van der Waals surface area (Å²) in [6.07, 6.45) is 0. The number of benzene rings is 3. The summed E-state index contributed by atoms with van der Waals surface area (Å²) in [4.78, 5) is 10.1. The molecule has 0 aliphatic rings. The Bertz CT molecular complexity index is 1230. The van der Waals surface area contributed by atoms with Crippen LogP contribution in [-0.4, -0.2) is 15.2 Å². The molecule has 0 bridgehead atoms. The van der Waals surface area contributed by atoms with Gasteiger partial charge in [0.05, 0.1) is 16.4 Å². The molecule has 0 fully saturated rings. The zero-order chi connectivity index (χ0) is 22.5. The minimum atomic E-state index is 0.378. The lowest BCUT2D eigenvalue weighted by molar-refractivity contribution is 0.389. The summed E-state index contributed by atoms with van der Waals surface area (Å²) < 4.78 is 9.27. The zero-order valence-electron chi connectivity index (χ0n) is 17.5. The molecule has 8 heteroatoms. The standard InChI is InChI=1S/C24H21ClN4O2S/c1-15-7-3-4-11-19(15)21-14-22(31-23-16(2)8-5-12-20(23)25)27-24(26-21)29-32-18-10-6-9-17(13-18)28-30/h3-14,28,30H,1-2H3,(H,26,27,29). The van der Waals surface area contributed by atoms with Crippen molar-refractivity contribution in [2.24, 2.45) is 0 Å². The molecule has 0 radical (unpaired) electrons. The largest absolute Gasteiger partial charge is 0.437 e. The quantitative estimate of drug-likeness (QED) is 0.198. The summed E-state index contributed by atoms with van der Waals surface area (Å²) in [7, 11) is 0. The Hall–Kier alpha value is -3.26. The van der Waals surface area contributed by atoms with E-state index in [0.29, 0.717) is 28.3 Å². The van der Waals surface area contributed by atoms with Crippen molar-refractivity contribution in [2.45, 2.75) is 18.7 Å². The molecular formula is C24H21ClN4O2S. The van der Waals surface area contributed by atoms with Crippen LogP contribution in [0.4, 0.5) is 11.6 Å². The fraction of sp³-hybridized carbons (Fsp3) is 0.0833. The van der Waals surface area contributed by atoms with Gasteiger partial charge in [0.15, 0.2) is 5.75 Å². The molecule has 1 heterocycles. The van der Waals surface area contributed by atoms with Crippen LogP contribution < -0.4 is 14.9 Å². The third-order valence-electron chi connectivity index (χ3n) is 4.72. The fourth-order valence-electron chi connectivity index (χ4n) is 3.11. The lowest BCUT2D eigenvalue weighted by Gasteiger charge is -2.13. The first-order chi connectivity index (χ1) is 15.5. The number of aromatic nitrogens is 2. The lowest BCUT2D eigenvalue weighted by Crippen LogP contribution is -2.00. The molecule has 0 amide bonds. The van der Waals surface area contributed by atoms with Crippen LogP contribution >= 0.6 is 23.5 Å². The monoisotopic (exact) mass is 464 g/mol. The maximum Gasteiger partial charge on any atom is 0.237 e. The molecule has 0 saturated heterocycles. The third-order valence-corrected chi connectivity index (χ3v) is 5.79. The molecule has 32 heavy (non-hydrogen) atoms. The van der Waals surface area contributed by atoms with Gasteiger partial charge >= 0.3 is 0 Å². The van der Waals surface area contributed by atoms with Crippen molar-refractivity contribution in [3.63, 3.8) is 0 Å². The molecule has 0 aliphatic carbocycles. The Morgan fingerprint density at radius 3 is 2.47 bits per heavy atom. The Morgan fingerprint density at radius 2 is 1.69 bits per heavy atom. The number of ether oxygens (including phenoxy) is 1. The molecule has 6 nitrogen and oxygen atoms in total. The molecule has 162 valence electrons. The van der Waals surface area contributed by atoms with E-state index >= 15 is 0 Å². The highest BCUT2D eigenvalue weighted by Crippen LogP contribution is 2.34. The van der Waals surface area contributed by atoms with Gasteiger partial charge in [-0.2, -0.15) is 4.98 Å². The molecule has 4 aromatic rings. The number of anilines is 2. The van der Waals surface area contributed by atoms with Gasteiger partial charge in [-0.15, -0.1) is 0 Å². The van der Waals surface area contributed by atoms with Gasteiger partial charge in [-0.25, -0.2) is 4.98 Å². The molecule has 1 aromatic heterocycles. The van der Waals surface area contributed by atoms with Gasteiger partial charge in [-0.1, -0.05) is 54.1 Å². The normalized spacial score (nSPS) is 10.6. The van der Waals surface area contributed by atoms with Crippen molar-refractivity contribution in [1.29, 1.82) is 0 Å². The smallest absolute Gasteiger partial charge is 0.237 e. The van der Waals surface area contributed by atoms with Crippen LogP contribution in [0, 0.1) is 13.8 Å². The van der Waals surface area contributed by atoms with E-state index in [4.69, 9.17) is 21.5 Å². The first-order valence-corrected chi connectivity index (χ1v) is 11.0. The van der Waals surface area contributed by atoms with Crippen LogP contribution in [0.5, 0.6) is 11.6 Å². The number of aryl methyl sites for hydroxylation is 2. The molecule has 0 unspecified atom stereocenters. The minimum Gasteiger partial charge on any atom is -0.437 e. The minimum absolute atomic E-state index is 0.378. The van der Waals surface area contributed by atoms with Crippen molar-refractivity contribution in [1.82, 2.24) is 9.97 Å². The average Bonchev–Trinajstić information content (AvgIpc) is 2.80. The van der Waals surface area contributed by atoms with Crippen molar-refractivity contribution >= 4 is 35.2 Å². The number of hydrogen-bond acceptors (Lipinski definition) is 7. The molecule has 0 spiro atoms. The van der Waals surface area contributed by atoms with E-state index in [1.807, 2.05) is 62.4 Å². The maximum atomic E-state index is 9.13. The third kappa shape index (κ3) is 5.13. The summed E-state index contributed by atoms with van der Waals surface area (Å²) >= 11 is 7.68. The Kier molecular flexibility index (Phi) is 6.80. The average molecular weight is 465 g/mol. The highest BCUT2D eigenvalue weighted by atomic mass is 35.5. The topological polar surface area (TPSA) is 79.3 Å². The number of para-hydroxylation sites is 1. The zero-order valence-corrected chi connectivity index (χ0v) is 19.0. The van der Waals surface area contributed by atoms with Gasteiger partial charge in [0.2, 0.25) is 11.8 Å². The lowest BCUT2D eigenvalue weighted by atomic mass is 10.1. The van der Waals surface area contributed by atoms with E-state index in [9.17, 15) is 0 Å². The van der Waals surface area contributed by atoms with E-state index in [2.05, 4.69) is 20.2 Å². The number of halogens is 1. The number of nitrogens with zero attached hydrogens (tertiary/aromatic N) is 2. The molecule has 4 rings (SSSR count). The van der Waals surface area contributed by atoms with Crippen LogP contribution in [0.25, 0.3) is 11.3 Å². The van der Waals surface area contributed by atoms with Crippen LogP contribution in [0.1, 0.15) is 11.1 Å². The molecule has 0 aliphatic heterocycles. The number of nitrogens with one attached hydrogen (secondary N) is 2. The maximum absolute atomic E-state index is 9.13. The van der Waals surface area contributed by atoms with E-state index in [-0.39, 0.29) is 0 Å². The summed E-state index contributed by atoms with van der Waals surface area (Å²) in [5, 5.41) is 9.64. The first kappa shape index (κ1) is 22.0. The van der Waals surface area contributed by atoms with Gasteiger partial charge in [-0.3, -0.25) is 15.4 Å². The van der Waals surface area contributed by atoms with Crippen molar-refractivity contribution in [2.75, 3.05) is 10.2 Å². The second-order valence-corrected chi connectivity index (χ2v) is 8.35. The fourth-order valence-corrected chi connectivity index (χ4v) is 4.00. The van der Waals surface area contributed by atoms with Gasteiger partial charge < -0.3 is 4.74 Å². The van der Waals surface area contributed by atoms with Crippen molar-refractivity contribution in [3.8, 4) is 22.9 Å². The number of hydrogen-bond donors (Lipinski definition) is 3. The van der Waals surface area contributed by atoms with Gasteiger partial charge in [0.25, 0.3) is 0 Å². The van der Waals surface area contributed by atoms with Crippen LogP contribution in [-0.2, 0) is 0 Å². The van der Waals surface area contributed by atoms with E-state index in [1.54, 1.807) is 24.3 Å². The predicted octanol–water partition coefficient (Wildman–Crippen LogP) is 7.13. The Labute approximate surface area is 195 Å². The molecule has 3 N–H and O–H groups in total. The van der Waals surface area contributed by atoms with E-state index in [1.165, 1.54) is 11.9 Å². The molecular weight excluding hydrogens is 444 g/mol.